The van der Waals surface area contributed by atoms with Crippen molar-refractivity contribution in [2.45, 2.75) is 38.6 Å². The Hall–Kier alpha value is -3.19. The van der Waals surface area contributed by atoms with Gasteiger partial charge in [-0.2, -0.15) is 5.10 Å². The van der Waals surface area contributed by atoms with Gasteiger partial charge in [-0.3, -0.25) is 5.10 Å². The molecule has 0 bridgehead atoms. The molecule has 2 aromatic heterocycles. The molecule has 0 saturated carbocycles. The van der Waals surface area contributed by atoms with E-state index in [-0.39, 0.29) is 0 Å². The summed E-state index contributed by atoms with van der Waals surface area (Å²) in [6.07, 6.45) is 9.13. The van der Waals surface area contributed by atoms with Gasteiger partial charge in [-0.25, -0.2) is 9.97 Å². The zero-order valence-corrected chi connectivity index (χ0v) is 18.7. The lowest BCUT2D eigenvalue weighted by atomic mass is 10.0. The minimum atomic E-state index is 0.697. The van der Waals surface area contributed by atoms with Gasteiger partial charge in [-0.1, -0.05) is 36.4 Å². The molecule has 7 heteroatoms. The zero-order valence-electron chi connectivity index (χ0n) is 18.7. The van der Waals surface area contributed by atoms with Gasteiger partial charge in [0, 0.05) is 37.0 Å². The number of aromatic nitrogens is 4. The number of hydrogen-bond donors (Lipinski definition) is 2. The van der Waals surface area contributed by atoms with Gasteiger partial charge in [0.15, 0.2) is 11.6 Å². The van der Waals surface area contributed by atoms with Crippen molar-refractivity contribution < 1.29 is 0 Å². The first-order valence-electron chi connectivity index (χ1n) is 11.6. The maximum absolute atomic E-state index is 4.89. The number of rotatable bonds is 6. The third-order valence-corrected chi connectivity index (χ3v) is 6.36. The van der Waals surface area contributed by atoms with Crippen LogP contribution in [0.4, 0.5) is 17.5 Å². The van der Waals surface area contributed by atoms with Gasteiger partial charge in [0.1, 0.15) is 11.6 Å². The monoisotopic (exact) mass is 429 g/mol. The number of benzene rings is 1. The topological polar surface area (TPSA) is 73.0 Å². The standard InChI is InChI=1S/C25H31N7/c1-19-17-24(30-29-19)27-23-18-25(28-22(26-23)10-9-20-7-3-2-4-8-20)32-15-11-21(12-16-32)31-13-5-6-14-31/h2-4,7-10,17-18,21H,5-6,11-16H2,1H3,(H2,26,27,28,29,30)/b10-9+. The molecule has 2 aliphatic rings. The number of nitrogens with zero attached hydrogens (tertiary/aromatic N) is 5. The predicted molar refractivity (Wildman–Crippen MR) is 130 cm³/mol. The SMILES string of the molecule is Cc1cc(Nc2cc(N3CCC(N4CCCC4)CC3)nc(/C=C/c3ccccc3)n2)n[nH]1. The number of H-pyrrole nitrogens is 1. The lowest BCUT2D eigenvalue weighted by Crippen LogP contribution is -2.44. The maximum Gasteiger partial charge on any atom is 0.156 e. The molecule has 2 aliphatic heterocycles. The van der Waals surface area contributed by atoms with Crippen LogP contribution in [0.15, 0.2) is 42.5 Å². The van der Waals surface area contributed by atoms with Gasteiger partial charge in [-0.15, -0.1) is 0 Å². The first-order valence-corrected chi connectivity index (χ1v) is 11.6. The van der Waals surface area contributed by atoms with E-state index in [2.05, 4.69) is 43.5 Å². The van der Waals surface area contributed by atoms with E-state index < -0.39 is 0 Å². The summed E-state index contributed by atoms with van der Waals surface area (Å²) in [6, 6.07) is 15.0. The van der Waals surface area contributed by atoms with Crippen LogP contribution >= 0.6 is 0 Å². The number of nitrogens with one attached hydrogen (secondary N) is 2. The Kier molecular flexibility index (Phi) is 6.16. The van der Waals surface area contributed by atoms with Crippen molar-refractivity contribution in [3.8, 4) is 0 Å². The molecule has 0 atom stereocenters. The van der Waals surface area contributed by atoms with Gasteiger partial charge in [-0.05, 0) is 57.3 Å². The molecule has 3 aromatic rings. The third-order valence-electron chi connectivity index (χ3n) is 6.36. The first-order chi connectivity index (χ1) is 15.7. The van der Waals surface area contributed by atoms with Crippen LogP contribution in [-0.2, 0) is 0 Å². The Morgan fingerprint density at radius 3 is 2.44 bits per heavy atom. The highest BCUT2D eigenvalue weighted by Crippen LogP contribution is 2.26. The van der Waals surface area contributed by atoms with Gasteiger partial charge in [0.25, 0.3) is 0 Å². The molecule has 166 valence electrons. The lowest BCUT2D eigenvalue weighted by Gasteiger charge is -2.37. The van der Waals surface area contributed by atoms with E-state index in [0.717, 1.165) is 47.8 Å². The van der Waals surface area contributed by atoms with Gasteiger partial charge in [0.05, 0.1) is 0 Å². The van der Waals surface area contributed by atoms with Crippen LogP contribution < -0.4 is 10.2 Å². The molecule has 7 nitrogen and oxygen atoms in total. The van der Waals surface area contributed by atoms with Crippen LogP contribution in [0.5, 0.6) is 0 Å². The van der Waals surface area contributed by atoms with Crippen molar-refractivity contribution in [3.63, 3.8) is 0 Å². The van der Waals surface area contributed by atoms with Gasteiger partial charge in [0.2, 0.25) is 0 Å². The second-order valence-corrected chi connectivity index (χ2v) is 8.74. The zero-order chi connectivity index (χ0) is 21.8. The average Bonchev–Trinajstić information content (AvgIpc) is 3.51. The summed E-state index contributed by atoms with van der Waals surface area (Å²) < 4.78 is 0. The number of hydrogen-bond acceptors (Lipinski definition) is 6. The number of anilines is 3. The molecular weight excluding hydrogens is 398 g/mol. The van der Waals surface area contributed by atoms with E-state index in [4.69, 9.17) is 9.97 Å². The molecular formula is C25H31N7. The van der Waals surface area contributed by atoms with E-state index in [1.807, 2.05) is 43.3 Å². The number of aromatic amines is 1. The number of aryl methyl sites for hydroxylation is 1. The largest absolute Gasteiger partial charge is 0.356 e. The summed E-state index contributed by atoms with van der Waals surface area (Å²) in [7, 11) is 0. The molecule has 0 amide bonds. The Morgan fingerprint density at radius 1 is 0.938 bits per heavy atom. The molecule has 2 fully saturated rings. The molecule has 0 radical (unpaired) electrons. The number of piperidine rings is 1. The van der Waals surface area contributed by atoms with Crippen molar-refractivity contribution >= 4 is 29.6 Å². The summed E-state index contributed by atoms with van der Waals surface area (Å²) in [5.74, 6) is 3.19. The normalized spacial score (nSPS) is 18.0. The summed E-state index contributed by atoms with van der Waals surface area (Å²) in [5.41, 5.74) is 2.14. The minimum absolute atomic E-state index is 0.697. The molecule has 2 saturated heterocycles. The van der Waals surface area contributed by atoms with E-state index in [1.54, 1.807) is 0 Å². The maximum atomic E-state index is 4.89. The Bertz CT molecular complexity index is 1050. The van der Waals surface area contributed by atoms with Crippen molar-refractivity contribution in [2.24, 2.45) is 0 Å². The molecule has 2 N–H and O–H groups in total. The molecule has 0 aliphatic carbocycles. The minimum Gasteiger partial charge on any atom is -0.356 e. The quantitative estimate of drug-likeness (QED) is 0.602. The van der Waals surface area contributed by atoms with Crippen LogP contribution in [0.25, 0.3) is 12.2 Å². The molecule has 5 rings (SSSR count). The molecule has 1 aromatic carbocycles. The fourth-order valence-corrected chi connectivity index (χ4v) is 4.67. The highest BCUT2D eigenvalue weighted by Gasteiger charge is 2.27. The highest BCUT2D eigenvalue weighted by atomic mass is 15.3. The van der Waals surface area contributed by atoms with Crippen LogP contribution in [0.1, 0.15) is 42.8 Å². The van der Waals surface area contributed by atoms with Crippen molar-refractivity contribution in [1.29, 1.82) is 0 Å². The van der Waals surface area contributed by atoms with Gasteiger partial charge >= 0.3 is 0 Å². The molecule has 32 heavy (non-hydrogen) atoms. The second kappa shape index (κ2) is 9.53. The molecule has 4 heterocycles. The first kappa shape index (κ1) is 20.7. The van der Waals surface area contributed by atoms with E-state index in [1.165, 1.54) is 38.8 Å². The van der Waals surface area contributed by atoms with Crippen LogP contribution in [-0.4, -0.2) is 57.3 Å². The lowest BCUT2D eigenvalue weighted by molar-refractivity contribution is 0.207. The molecule has 0 unspecified atom stereocenters. The smallest absolute Gasteiger partial charge is 0.156 e. The van der Waals surface area contributed by atoms with Crippen LogP contribution in [0.3, 0.4) is 0 Å². The summed E-state index contributed by atoms with van der Waals surface area (Å²) in [4.78, 5) is 14.7. The fourth-order valence-electron chi connectivity index (χ4n) is 4.67. The number of likely N-dealkylation sites (tertiary alicyclic amines) is 1. The average molecular weight is 430 g/mol. The Morgan fingerprint density at radius 2 is 1.72 bits per heavy atom. The van der Waals surface area contributed by atoms with Gasteiger partial charge < -0.3 is 15.1 Å². The summed E-state index contributed by atoms with van der Waals surface area (Å²) >= 11 is 0. The Balaban J connectivity index is 1.36. The predicted octanol–water partition coefficient (Wildman–Crippen LogP) is 4.49. The van der Waals surface area contributed by atoms with Crippen molar-refractivity contribution in [2.75, 3.05) is 36.4 Å². The molecule has 0 spiro atoms. The van der Waals surface area contributed by atoms with Crippen molar-refractivity contribution in [1.82, 2.24) is 25.1 Å². The van der Waals surface area contributed by atoms with E-state index >= 15 is 0 Å². The fraction of sp³-hybridized carbons (Fsp3) is 0.400. The summed E-state index contributed by atoms with van der Waals surface area (Å²) in [6.45, 7) is 6.58. The van der Waals surface area contributed by atoms with E-state index in [9.17, 15) is 0 Å². The Labute approximate surface area is 189 Å². The second-order valence-electron chi connectivity index (χ2n) is 8.74. The van der Waals surface area contributed by atoms with E-state index in [0.29, 0.717) is 5.82 Å². The highest BCUT2D eigenvalue weighted by molar-refractivity contribution is 5.69. The van der Waals surface area contributed by atoms with Crippen LogP contribution in [0, 0.1) is 6.92 Å². The third kappa shape index (κ3) is 4.99. The van der Waals surface area contributed by atoms with Crippen LogP contribution in [0.2, 0.25) is 0 Å². The summed E-state index contributed by atoms with van der Waals surface area (Å²) in [5, 5.41) is 10.6. The van der Waals surface area contributed by atoms with Crippen molar-refractivity contribution in [3.05, 3.63) is 59.5 Å².